The minimum absolute atomic E-state index is 0.639. The zero-order chi connectivity index (χ0) is 7.40. The van der Waals surface area contributed by atoms with Crippen molar-refractivity contribution in [2.24, 2.45) is 5.92 Å². The van der Waals surface area contributed by atoms with E-state index < -0.39 is 0 Å². The Hall–Kier alpha value is -0.0400. The van der Waals surface area contributed by atoms with Crippen molar-refractivity contribution in [3.63, 3.8) is 0 Å². The highest BCUT2D eigenvalue weighted by atomic mass is 16.6. The Morgan fingerprint density at radius 3 is 2.10 bits per heavy atom. The van der Waals surface area contributed by atoms with Crippen molar-refractivity contribution in [3.05, 3.63) is 0 Å². The Bertz CT molecular complexity index is 80.7. The zero-order valence-corrected chi connectivity index (χ0v) is 7.10. The van der Waals surface area contributed by atoms with Crippen LogP contribution in [0.5, 0.6) is 0 Å². The largest absolute Gasteiger partial charge is 0.373 e. The van der Waals surface area contributed by atoms with Crippen LogP contribution in [-0.2, 0) is 4.74 Å². The fourth-order valence-corrected chi connectivity index (χ4v) is 1.59. The smallest absolute Gasteiger partial charge is 0.0838 e. The Labute approximate surface area is 63.8 Å². The van der Waals surface area contributed by atoms with Gasteiger partial charge >= 0.3 is 0 Å². The van der Waals surface area contributed by atoms with Crippen LogP contribution in [0.4, 0.5) is 0 Å². The number of hydrogen-bond donors (Lipinski definition) is 0. The predicted molar refractivity (Wildman–Crippen MR) is 43.0 cm³/mol. The molecule has 0 saturated carbocycles. The highest BCUT2D eigenvalue weighted by molar-refractivity contribution is 4.78. The Balaban J connectivity index is 2.13. The van der Waals surface area contributed by atoms with Gasteiger partial charge in [-0.1, -0.05) is 26.7 Å². The molecule has 1 nitrogen and oxygen atoms in total. The van der Waals surface area contributed by atoms with Crippen LogP contribution in [-0.4, -0.2) is 12.7 Å². The van der Waals surface area contributed by atoms with E-state index >= 15 is 0 Å². The first kappa shape index (κ1) is 8.06. The Kier molecular flexibility index (Phi) is 3.20. The first-order chi connectivity index (χ1) is 4.88. The van der Waals surface area contributed by atoms with Crippen molar-refractivity contribution >= 4 is 0 Å². The monoisotopic (exact) mass is 142 g/mol. The van der Waals surface area contributed by atoms with Gasteiger partial charge in [0.05, 0.1) is 12.7 Å². The van der Waals surface area contributed by atoms with E-state index in [4.69, 9.17) is 4.74 Å². The minimum atomic E-state index is 0.639. The van der Waals surface area contributed by atoms with Gasteiger partial charge in [-0.3, -0.25) is 0 Å². The second kappa shape index (κ2) is 3.97. The molecule has 1 heteroatoms. The predicted octanol–water partition coefficient (Wildman–Crippen LogP) is 2.60. The lowest BCUT2D eigenvalue weighted by Crippen LogP contribution is -2.07. The van der Waals surface area contributed by atoms with E-state index in [0.29, 0.717) is 6.10 Å². The average molecular weight is 142 g/mol. The van der Waals surface area contributed by atoms with Crippen molar-refractivity contribution < 1.29 is 4.74 Å². The molecule has 0 bridgehead atoms. The summed E-state index contributed by atoms with van der Waals surface area (Å²) in [5.74, 6) is 0.870. The molecule has 0 aliphatic carbocycles. The summed E-state index contributed by atoms with van der Waals surface area (Å²) >= 11 is 0. The van der Waals surface area contributed by atoms with Gasteiger partial charge in [-0.25, -0.2) is 0 Å². The molecule has 0 aromatic rings. The van der Waals surface area contributed by atoms with Gasteiger partial charge in [0.15, 0.2) is 0 Å². The Morgan fingerprint density at radius 1 is 1.30 bits per heavy atom. The van der Waals surface area contributed by atoms with Gasteiger partial charge < -0.3 is 4.74 Å². The molecular weight excluding hydrogens is 124 g/mol. The Morgan fingerprint density at radius 2 is 1.80 bits per heavy atom. The van der Waals surface area contributed by atoms with Gasteiger partial charge in [0, 0.05) is 0 Å². The van der Waals surface area contributed by atoms with Crippen LogP contribution in [0.2, 0.25) is 0 Å². The fourth-order valence-electron chi connectivity index (χ4n) is 1.59. The van der Waals surface area contributed by atoms with Crippen molar-refractivity contribution in [1.82, 2.24) is 0 Å². The number of epoxide rings is 1. The summed E-state index contributed by atoms with van der Waals surface area (Å²) in [7, 11) is 0. The third-order valence-corrected chi connectivity index (χ3v) is 2.20. The normalized spacial score (nSPS) is 23.7. The van der Waals surface area contributed by atoms with E-state index in [1.807, 2.05) is 0 Å². The van der Waals surface area contributed by atoms with E-state index in [2.05, 4.69) is 13.8 Å². The van der Waals surface area contributed by atoms with E-state index in [0.717, 1.165) is 12.5 Å². The van der Waals surface area contributed by atoms with Crippen molar-refractivity contribution in [3.8, 4) is 0 Å². The molecule has 1 aliphatic rings. The molecule has 60 valence electrons. The van der Waals surface area contributed by atoms with Crippen LogP contribution in [0.15, 0.2) is 0 Å². The lowest BCUT2D eigenvalue weighted by molar-refractivity contribution is 0.299. The van der Waals surface area contributed by atoms with Crippen molar-refractivity contribution in [2.45, 2.75) is 45.6 Å². The molecule has 0 amide bonds. The maximum atomic E-state index is 5.28. The van der Waals surface area contributed by atoms with Crippen LogP contribution < -0.4 is 0 Å². The maximum absolute atomic E-state index is 5.28. The van der Waals surface area contributed by atoms with E-state index in [1.54, 1.807) is 0 Å². The molecule has 0 aromatic heterocycles. The van der Waals surface area contributed by atoms with Crippen molar-refractivity contribution in [2.75, 3.05) is 6.61 Å². The number of hydrogen-bond acceptors (Lipinski definition) is 1. The van der Waals surface area contributed by atoms with Gasteiger partial charge in [-0.15, -0.1) is 0 Å². The molecule has 1 heterocycles. The first-order valence-corrected chi connectivity index (χ1v) is 4.50. The van der Waals surface area contributed by atoms with E-state index in [1.165, 1.54) is 25.7 Å². The molecule has 0 N–H and O–H groups in total. The molecule has 10 heavy (non-hydrogen) atoms. The quantitative estimate of drug-likeness (QED) is 0.537. The summed E-state index contributed by atoms with van der Waals surface area (Å²) in [6, 6.07) is 0. The van der Waals surface area contributed by atoms with Gasteiger partial charge in [0.1, 0.15) is 0 Å². The van der Waals surface area contributed by atoms with E-state index in [9.17, 15) is 0 Å². The summed E-state index contributed by atoms with van der Waals surface area (Å²) in [5.41, 5.74) is 0. The molecule has 1 rings (SSSR count). The fraction of sp³-hybridized carbons (Fsp3) is 1.00. The standard InChI is InChI=1S/C9H18O/c1-3-5-8(6-4-2)9-7-10-9/h8-9H,3-7H2,1-2H3/t9-/m1/s1. The highest BCUT2D eigenvalue weighted by Crippen LogP contribution is 2.27. The molecule has 1 atom stereocenters. The average Bonchev–Trinajstić information content (AvgIpc) is 2.69. The highest BCUT2D eigenvalue weighted by Gasteiger charge is 2.30. The van der Waals surface area contributed by atoms with Gasteiger partial charge in [-0.2, -0.15) is 0 Å². The van der Waals surface area contributed by atoms with Gasteiger partial charge in [-0.05, 0) is 18.8 Å². The summed E-state index contributed by atoms with van der Waals surface area (Å²) in [6.45, 7) is 5.54. The van der Waals surface area contributed by atoms with Crippen LogP contribution in [0.1, 0.15) is 39.5 Å². The molecule has 0 aromatic carbocycles. The summed E-state index contributed by atoms with van der Waals surface area (Å²) in [6.07, 6.45) is 5.98. The lowest BCUT2D eigenvalue weighted by Gasteiger charge is -2.10. The van der Waals surface area contributed by atoms with E-state index in [-0.39, 0.29) is 0 Å². The lowest BCUT2D eigenvalue weighted by atomic mass is 9.95. The zero-order valence-electron chi connectivity index (χ0n) is 7.10. The second-order valence-corrected chi connectivity index (χ2v) is 3.21. The molecule has 1 aliphatic heterocycles. The third-order valence-electron chi connectivity index (χ3n) is 2.20. The van der Waals surface area contributed by atoms with Crippen LogP contribution >= 0.6 is 0 Å². The first-order valence-electron chi connectivity index (χ1n) is 4.50. The van der Waals surface area contributed by atoms with Crippen LogP contribution in [0.25, 0.3) is 0 Å². The SMILES string of the molecule is CCCC(CCC)[C@H]1CO1. The maximum Gasteiger partial charge on any atom is 0.0838 e. The van der Waals surface area contributed by atoms with Crippen molar-refractivity contribution in [1.29, 1.82) is 0 Å². The molecule has 1 fully saturated rings. The minimum Gasteiger partial charge on any atom is -0.373 e. The number of rotatable bonds is 5. The van der Waals surface area contributed by atoms with Crippen LogP contribution in [0, 0.1) is 5.92 Å². The van der Waals surface area contributed by atoms with Gasteiger partial charge in [0.25, 0.3) is 0 Å². The second-order valence-electron chi connectivity index (χ2n) is 3.21. The summed E-state index contributed by atoms with van der Waals surface area (Å²) in [4.78, 5) is 0. The molecular formula is C9H18O. The topological polar surface area (TPSA) is 12.5 Å². The molecule has 0 spiro atoms. The molecule has 1 saturated heterocycles. The third kappa shape index (κ3) is 2.30. The van der Waals surface area contributed by atoms with Gasteiger partial charge in [0.2, 0.25) is 0 Å². The summed E-state index contributed by atoms with van der Waals surface area (Å²) in [5, 5.41) is 0. The van der Waals surface area contributed by atoms with Crippen LogP contribution in [0.3, 0.4) is 0 Å². The molecule has 0 radical (unpaired) electrons. The number of ether oxygens (including phenoxy) is 1. The molecule has 0 unspecified atom stereocenters. The summed E-state index contributed by atoms with van der Waals surface area (Å²) < 4.78 is 5.28.